The van der Waals surface area contributed by atoms with Gasteiger partial charge in [-0.3, -0.25) is 4.55 Å². The van der Waals surface area contributed by atoms with Crippen molar-refractivity contribution < 1.29 is 13.0 Å². The maximum absolute atomic E-state index is 10.5. The van der Waals surface area contributed by atoms with Crippen LogP contribution >= 0.6 is 0 Å². The molecule has 0 unspecified atom stereocenters. The van der Waals surface area contributed by atoms with Crippen molar-refractivity contribution in [3.63, 3.8) is 0 Å². The number of unbranched alkanes of at least 4 members (excludes halogenated alkanes) is 13. The Bertz CT molecular complexity index is 337. The van der Waals surface area contributed by atoms with Gasteiger partial charge in [0.1, 0.15) is 0 Å². The first kappa shape index (κ1) is 27.1. The fraction of sp³-hybridized carbons (Fsp3) is 1.00. The van der Waals surface area contributed by atoms with Crippen molar-refractivity contribution in [3.05, 3.63) is 0 Å². The molecule has 0 spiro atoms. The zero-order chi connectivity index (χ0) is 17.2. The number of hydrogen-bond donors (Lipinski definition) is 2. The second-order valence-electron chi connectivity index (χ2n) is 6.63. The summed E-state index contributed by atoms with van der Waals surface area (Å²) >= 11 is 0. The van der Waals surface area contributed by atoms with Crippen molar-refractivity contribution in [2.45, 2.75) is 96.8 Å². The standard InChI is InChI=1S/C18H39NO3S.Na/c1-2-3-4-5-6-7-8-9-10-11-12-13-14-15-16-19-17-18-23(20,21)22;/h19H,2-18H2,1H3,(H,20,21,22);. The van der Waals surface area contributed by atoms with E-state index in [1.165, 1.54) is 83.5 Å². The van der Waals surface area contributed by atoms with Crippen molar-refractivity contribution in [2.75, 3.05) is 18.8 Å². The summed E-state index contributed by atoms with van der Waals surface area (Å²) in [7, 11) is -3.81. The quantitative estimate of drug-likeness (QED) is 0.210. The van der Waals surface area contributed by atoms with E-state index in [2.05, 4.69) is 12.2 Å². The Morgan fingerprint density at radius 3 is 1.42 bits per heavy atom. The van der Waals surface area contributed by atoms with Gasteiger partial charge in [-0.1, -0.05) is 90.4 Å². The third kappa shape index (κ3) is 25.1. The predicted octanol–water partition coefficient (Wildman–Crippen LogP) is 4.56. The first-order valence-corrected chi connectivity index (χ1v) is 11.3. The van der Waals surface area contributed by atoms with E-state index in [1.807, 2.05) is 0 Å². The molecule has 0 rings (SSSR count). The molecule has 0 heterocycles. The molecule has 0 aliphatic carbocycles. The van der Waals surface area contributed by atoms with Crippen LogP contribution in [0.2, 0.25) is 0 Å². The van der Waals surface area contributed by atoms with Gasteiger partial charge < -0.3 is 5.32 Å². The third-order valence-electron chi connectivity index (χ3n) is 4.24. The van der Waals surface area contributed by atoms with E-state index in [9.17, 15) is 8.42 Å². The van der Waals surface area contributed by atoms with Crippen molar-refractivity contribution in [1.82, 2.24) is 5.32 Å². The van der Waals surface area contributed by atoms with Crippen LogP contribution in [0.15, 0.2) is 0 Å². The van der Waals surface area contributed by atoms with Gasteiger partial charge in [-0.05, 0) is 13.0 Å². The zero-order valence-corrected chi connectivity index (χ0v) is 19.0. The van der Waals surface area contributed by atoms with Gasteiger partial charge in [0.25, 0.3) is 10.1 Å². The fourth-order valence-corrected chi connectivity index (χ4v) is 3.17. The molecule has 1 radical (unpaired) electrons. The molecule has 141 valence electrons. The molecule has 0 aromatic heterocycles. The monoisotopic (exact) mass is 372 g/mol. The first-order chi connectivity index (χ1) is 11.1. The van der Waals surface area contributed by atoms with Crippen molar-refractivity contribution in [1.29, 1.82) is 0 Å². The predicted molar refractivity (Wildman–Crippen MR) is 105 cm³/mol. The number of rotatable bonds is 18. The van der Waals surface area contributed by atoms with Crippen LogP contribution in [0.25, 0.3) is 0 Å². The van der Waals surface area contributed by atoms with Gasteiger partial charge in [0.15, 0.2) is 0 Å². The fourth-order valence-electron chi connectivity index (χ4n) is 2.77. The molecule has 0 aliphatic rings. The third-order valence-corrected chi connectivity index (χ3v) is 4.96. The minimum absolute atomic E-state index is 0. The summed E-state index contributed by atoms with van der Waals surface area (Å²) in [5.41, 5.74) is 0. The Morgan fingerprint density at radius 1 is 0.667 bits per heavy atom. The maximum Gasteiger partial charge on any atom is 0.266 e. The van der Waals surface area contributed by atoms with E-state index in [0.717, 1.165) is 13.0 Å². The van der Waals surface area contributed by atoms with Gasteiger partial charge in [-0.2, -0.15) is 8.42 Å². The first-order valence-electron chi connectivity index (χ1n) is 9.72. The van der Waals surface area contributed by atoms with E-state index in [0.29, 0.717) is 6.54 Å². The van der Waals surface area contributed by atoms with Gasteiger partial charge in [0.05, 0.1) is 5.75 Å². The summed E-state index contributed by atoms with van der Waals surface area (Å²) in [5.74, 6) is -0.189. The van der Waals surface area contributed by atoms with Crippen LogP contribution in [-0.4, -0.2) is 61.4 Å². The largest absolute Gasteiger partial charge is 0.316 e. The Kier molecular flexibility index (Phi) is 22.8. The van der Waals surface area contributed by atoms with Crippen molar-refractivity contribution in [3.8, 4) is 0 Å². The van der Waals surface area contributed by atoms with Gasteiger partial charge in [0, 0.05) is 36.1 Å². The van der Waals surface area contributed by atoms with Gasteiger partial charge in [-0.15, -0.1) is 0 Å². The van der Waals surface area contributed by atoms with E-state index in [1.54, 1.807) is 0 Å². The minimum Gasteiger partial charge on any atom is -0.316 e. The average Bonchev–Trinajstić information content (AvgIpc) is 2.49. The van der Waals surface area contributed by atoms with Crippen molar-refractivity contribution >= 4 is 39.7 Å². The smallest absolute Gasteiger partial charge is 0.266 e. The van der Waals surface area contributed by atoms with Gasteiger partial charge >= 0.3 is 0 Å². The van der Waals surface area contributed by atoms with Crippen LogP contribution in [0.4, 0.5) is 0 Å². The second-order valence-corrected chi connectivity index (χ2v) is 8.20. The molecule has 0 aliphatic heterocycles. The second kappa shape index (κ2) is 20.2. The molecular weight excluding hydrogens is 333 g/mol. The number of hydrogen-bond acceptors (Lipinski definition) is 3. The Morgan fingerprint density at radius 2 is 1.04 bits per heavy atom. The van der Waals surface area contributed by atoms with Crippen molar-refractivity contribution in [2.24, 2.45) is 0 Å². The summed E-state index contributed by atoms with van der Waals surface area (Å²) in [6.45, 7) is 3.45. The SMILES string of the molecule is CCCCCCCCCCCCCCCCNCCS(=O)(=O)O.[Na]. The molecule has 0 atom stereocenters. The Hall–Kier alpha value is 0.870. The Balaban J connectivity index is 0. The molecule has 0 fully saturated rings. The van der Waals surface area contributed by atoms with Crippen LogP contribution in [0.3, 0.4) is 0 Å². The molecule has 4 nitrogen and oxygen atoms in total. The minimum atomic E-state index is -3.81. The normalized spacial score (nSPS) is 11.4. The average molecular weight is 373 g/mol. The summed E-state index contributed by atoms with van der Waals surface area (Å²) in [6, 6.07) is 0. The molecule has 0 amide bonds. The molecule has 6 heteroatoms. The summed E-state index contributed by atoms with van der Waals surface area (Å²) in [4.78, 5) is 0. The molecule has 0 saturated heterocycles. The molecule has 0 saturated carbocycles. The van der Waals surface area contributed by atoms with E-state index < -0.39 is 10.1 Å². The topological polar surface area (TPSA) is 66.4 Å². The van der Waals surface area contributed by atoms with Crippen LogP contribution in [0.5, 0.6) is 0 Å². The van der Waals surface area contributed by atoms with E-state index in [-0.39, 0.29) is 35.3 Å². The number of nitrogens with one attached hydrogen (secondary N) is 1. The van der Waals surface area contributed by atoms with Crippen LogP contribution in [-0.2, 0) is 10.1 Å². The van der Waals surface area contributed by atoms with Crippen LogP contribution < -0.4 is 5.32 Å². The Labute approximate surface area is 173 Å². The van der Waals surface area contributed by atoms with E-state index in [4.69, 9.17) is 4.55 Å². The molecular formula is C18H39NNaO3S. The molecule has 0 aromatic carbocycles. The molecule has 0 bridgehead atoms. The summed E-state index contributed by atoms with van der Waals surface area (Å²) in [5, 5.41) is 3.05. The summed E-state index contributed by atoms with van der Waals surface area (Å²) in [6.07, 6.45) is 18.8. The van der Waals surface area contributed by atoms with Crippen LogP contribution in [0, 0.1) is 0 Å². The van der Waals surface area contributed by atoms with Gasteiger partial charge in [0.2, 0.25) is 0 Å². The maximum atomic E-state index is 10.5. The van der Waals surface area contributed by atoms with Gasteiger partial charge in [-0.25, -0.2) is 0 Å². The molecule has 0 aromatic rings. The zero-order valence-electron chi connectivity index (χ0n) is 16.2. The summed E-state index contributed by atoms with van der Waals surface area (Å²) < 4.78 is 29.6. The van der Waals surface area contributed by atoms with Crippen LogP contribution in [0.1, 0.15) is 96.8 Å². The van der Waals surface area contributed by atoms with E-state index >= 15 is 0 Å². The molecule has 2 N–H and O–H groups in total. The molecule has 24 heavy (non-hydrogen) atoms.